The molecule has 1 spiro atoms. The fraction of sp³-hybridized carbons (Fsp3) is 0.867. The van der Waals surface area contributed by atoms with Crippen LogP contribution in [0, 0.1) is 10.8 Å². The first-order valence-electron chi connectivity index (χ1n) is 7.26. The summed E-state index contributed by atoms with van der Waals surface area (Å²) in [5.74, 6) is 0. The van der Waals surface area contributed by atoms with Crippen molar-refractivity contribution < 1.29 is 19.7 Å². The number of allylic oxidation sites excluding steroid dienone is 1. The molecule has 2 N–H and O–H groups in total. The first kappa shape index (κ1) is 12.3. The average Bonchev–Trinajstić information content (AvgIpc) is 3.15. The van der Waals surface area contributed by atoms with E-state index in [4.69, 9.17) is 9.47 Å². The number of hydrogen-bond acceptors (Lipinski definition) is 4. The van der Waals surface area contributed by atoms with E-state index in [0.29, 0.717) is 13.0 Å². The van der Waals surface area contributed by atoms with Crippen LogP contribution in [0.15, 0.2) is 11.6 Å². The molecule has 19 heavy (non-hydrogen) atoms. The summed E-state index contributed by atoms with van der Waals surface area (Å²) in [6.45, 7) is 4.92. The largest absolute Gasteiger partial charge is 0.396 e. The van der Waals surface area contributed by atoms with Crippen LogP contribution in [0.3, 0.4) is 0 Å². The van der Waals surface area contributed by atoms with Gasteiger partial charge in [-0.1, -0.05) is 18.6 Å². The molecule has 2 aliphatic heterocycles. The van der Waals surface area contributed by atoms with Crippen LogP contribution in [0.1, 0.15) is 33.1 Å². The van der Waals surface area contributed by atoms with Crippen molar-refractivity contribution in [3.63, 3.8) is 0 Å². The van der Waals surface area contributed by atoms with Crippen LogP contribution in [0.4, 0.5) is 0 Å². The van der Waals surface area contributed by atoms with Gasteiger partial charge in [0.2, 0.25) is 0 Å². The Balaban J connectivity index is 1.89. The fourth-order valence-electron chi connectivity index (χ4n) is 5.03. The van der Waals surface area contributed by atoms with Crippen LogP contribution >= 0.6 is 0 Å². The molecule has 2 saturated heterocycles. The van der Waals surface area contributed by atoms with Gasteiger partial charge in [0.25, 0.3) is 0 Å². The summed E-state index contributed by atoms with van der Waals surface area (Å²) in [5.41, 5.74) is 0.152. The number of ether oxygens (including phenoxy) is 2. The highest BCUT2D eigenvalue weighted by Gasteiger charge is 2.81. The lowest BCUT2D eigenvalue weighted by molar-refractivity contribution is -0.225. The monoisotopic (exact) mass is 266 g/mol. The average molecular weight is 266 g/mol. The summed E-state index contributed by atoms with van der Waals surface area (Å²) in [6, 6.07) is 0. The minimum Gasteiger partial charge on any atom is -0.396 e. The SMILES string of the molecule is CC1=CC2OC3C[C@@H](O)C(C)(C34CO4)[C@@]2(CO)CC1. The molecule has 4 rings (SSSR count). The van der Waals surface area contributed by atoms with Crippen molar-refractivity contribution in [1.29, 1.82) is 0 Å². The van der Waals surface area contributed by atoms with Crippen molar-refractivity contribution in [2.45, 2.75) is 57.0 Å². The van der Waals surface area contributed by atoms with Crippen LogP contribution in [0.5, 0.6) is 0 Å². The van der Waals surface area contributed by atoms with Crippen molar-refractivity contribution in [1.82, 2.24) is 0 Å². The maximum absolute atomic E-state index is 10.6. The number of fused-ring (bicyclic) bond motifs is 2. The highest BCUT2D eigenvalue weighted by atomic mass is 16.6. The van der Waals surface area contributed by atoms with Crippen molar-refractivity contribution in [3.05, 3.63) is 11.6 Å². The van der Waals surface area contributed by atoms with E-state index < -0.39 is 16.9 Å². The number of hydrogen-bond donors (Lipinski definition) is 2. The summed E-state index contributed by atoms with van der Waals surface area (Å²) in [7, 11) is 0. The lowest BCUT2D eigenvalue weighted by atomic mass is 9.51. The third-order valence-corrected chi connectivity index (χ3v) is 6.53. The van der Waals surface area contributed by atoms with Gasteiger partial charge >= 0.3 is 0 Å². The Morgan fingerprint density at radius 2 is 2.21 bits per heavy atom. The van der Waals surface area contributed by atoms with E-state index >= 15 is 0 Å². The van der Waals surface area contributed by atoms with Crippen molar-refractivity contribution in [2.24, 2.45) is 10.8 Å². The van der Waals surface area contributed by atoms with Gasteiger partial charge in [0.15, 0.2) is 0 Å². The molecule has 3 fully saturated rings. The third kappa shape index (κ3) is 1.13. The van der Waals surface area contributed by atoms with Gasteiger partial charge in [0.1, 0.15) is 5.60 Å². The Kier molecular flexibility index (Phi) is 2.22. The van der Waals surface area contributed by atoms with Gasteiger partial charge in [-0.3, -0.25) is 0 Å². The van der Waals surface area contributed by atoms with E-state index in [2.05, 4.69) is 19.9 Å². The third-order valence-electron chi connectivity index (χ3n) is 6.53. The van der Waals surface area contributed by atoms with Gasteiger partial charge < -0.3 is 19.7 Å². The molecule has 4 nitrogen and oxygen atoms in total. The van der Waals surface area contributed by atoms with Crippen molar-refractivity contribution >= 4 is 0 Å². The zero-order chi connectivity index (χ0) is 13.5. The van der Waals surface area contributed by atoms with Gasteiger partial charge in [-0.25, -0.2) is 0 Å². The maximum Gasteiger partial charge on any atom is 0.126 e. The lowest BCUT2D eigenvalue weighted by Crippen LogP contribution is -2.66. The number of rotatable bonds is 1. The smallest absolute Gasteiger partial charge is 0.126 e. The Bertz CT molecular complexity index is 455. The van der Waals surface area contributed by atoms with E-state index in [-0.39, 0.29) is 24.4 Å². The predicted molar refractivity (Wildman–Crippen MR) is 68.6 cm³/mol. The van der Waals surface area contributed by atoms with E-state index in [9.17, 15) is 10.2 Å². The van der Waals surface area contributed by atoms with E-state index in [1.54, 1.807) is 0 Å². The first-order valence-corrected chi connectivity index (χ1v) is 7.26. The Morgan fingerprint density at radius 1 is 1.47 bits per heavy atom. The molecule has 106 valence electrons. The molecule has 2 bridgehead atoms. The molecule has 4 aliphatic rings. The molecule has 0 aromatic heterocycles. The van der Waals surface area contributed by atoms with E-state index in [1.807, 2.05) is 0 Å². The normalized spacial score (nSPS) is 58.9. The van der Waals surface area contributed by atoms with E-state index in [1.165, 1.54) is 5.57 Å². The summed E-state index contributed by atoms with van der Waals surface area (Å²) in [4.78, 5) is 0. The molecule has 0 amide bonds. The Labute approximate surface area is 113 Å². The molecule has 4 unspecified atom stereocenters. The number of epoxide rings is 1. The van der Waals surface area contributed by atoms with Crippen molar-refractivity contribution in [2.75, 3.05) is 13.2 Å². The quantitative estimate of drug-likeness (QED) is 0.549. The number of aliphatic hydroxyl groups excluding tert-OH is 2. The minimum absolute atomic E-state index is 0.0284. The molecule has 6 atom stereocenters. The molecule has 0 radical (unpaired) electrons. The zero-order valence-corrected chi connectivity index (χ0v) is 11.6. The molecule has 2 aliphatic carbocycles. The summed E-state index contributed by atoms with van der Waals surface area (Å²) in [5, 5.41) is 20.8. The first-order chi connectivity index (χ1) is 9.00. The van der Waals surface area contributed by atoms with Gasteiger partial charge in [-0.2, -0.15) is 0 Å². The second-order valence-corrected chi connectivity index (χ2v) is 7.00. The summed E-state index contributed by atoms with van der Waals surface area (Å²) < 4.78 is 12.0. The number of aliphatic hydroxyl groups is 2. The molecule has 0 aromatic carbocycles. The van der Waals surface area contributed by atoms with Gasteiger partial charge in [-0.05, 0) is 19.8 Å². The molecule has 1 saturated carbocycles. The summed E-state index contributed by atoms with van der Waals surface area (Å²) in [6.07, 6.45) is 4.03. The van der Waals surface area contributed by atoms with Gasteiger partial charge in [0.05, 0.1) is 31.5 Å². The molecule has 4 heteroatoms. The minimum atomic E-state index is -0.455. The molecular formula is C15H22O4. The summed E-state index contributed by atoms with van der Waals surface area (Å²) >= 11 is 0. The molecule has 0 aromatic rings. The topological polar surface area (TPSA) is 62.2 Å². The van der Waals surface area contributed by atoms with Crippen LogP contribution in [-0.2, 0) is 9.47 Å². The van der Waals surface area contributed by atoms with Crippen LogP contribution in [-0.4, -0.2) is 47.3 Å². The Hall–Kier alpha value is -0.420. The second-order valence-electron chi connectivity index (χ2n) is 7.00. The van der Waals surface area contributed by atoms with Gasteiger partial charge in [0, 0.05) is 17.3 Å². The predicted octanol–water partition coefficient (Wildman–Crippen LogP) is 1.01. The standard InChI is InChI=1S/C15H22O4/c1-9-3-4-14(7-16)11(5-9)19-12-6-10(17)13(14,2)15(12)8-18-15/h5,10-12,16-17H,3-4,6-8H2,1-2H3/t10-,11?,12?,13?,14-,15?/m1/s1. The Morgan fingerprint density at radius 3 is 2.84 bits per heavy atom. The highest BCUT2D eigenvalue weighted by Crippen LogP contribution is 2.71. The lowest BCUT2D eigenvalue weighted by Gasteiger charge is -2.58. The maximum atomic E-state index is 10.6. The molecular weight excluding hydrogens is 244 g/mol. The zero-order valence-electron chi connectivity index (χ0n) is 11.6. The second kappa shape index (κ2) is 3.42. The van der Waals surface area contributed by atoms with Crippen LogP contribution < -0.4 is 0 Å². The van der Waals surface area contributed by atoms with Gasteiger partial charge in [-0.15, -0.1) is 0 Å². The van der Waals surface area contributed by atoms with Crippen LogP contribution in [0.2, 0.25) is 0 Å². The highest BCUT2D eigenvalue weighted by molar-refractivity contribution is 5.32. The van der Waals surface area contributed by atoms with Crippen LogP contribution in [0.25, 0.3) is 0 Å². The van der Waals surface area contributed by atoms with Crippen molar-refractivity contribution in [3.8, 4) is 0 Å². The fourth-order valence-corrected chi connectivity index (χ4v) is 5.03. The van der Waals surface area contributed by atoms with E-state index in [0.717, 1.165) is 12.8 Å². The molecule has 2 heterocycles.